The van der Waals surface area contributed by atoms with Crippen LogP contribution in [0.2, 0.25) is 0 Å². The van der Waals surface area contributed by atoms with Crippen molar-refractivity contribution in [2.24, 2.45) is 0 Å². The molecule has 1 saturated heterocycles. The van der Waals surface area contributed by atoms with E-state index in [9.17, 15) is 4.79 Å². The van der Waals surface area contributed by atoms with Gasteiger partial charge in [-0.05, 0) is 38.1 Å². The summed E-state index contributed by atoms with van der Waals surface area (Å²) >= 11 is 1.70. The predicted molar refractivity (Wildman–Crippen MR) is 90.9 cm³/mol. The van der Waals surface area contributed by atoms with Crippen LogP contribution in [0.25, 0.3) is 10.2 Å². The van der Waals surface area contributed by atoms with Crippen LogP contribution in [0.3, 0.4) is 0 Å². The Bertz CT molecular complexity index is 624. The van der Waals surface area contributed by atoms with Crippen molar-refractivity contribution >= 4 is 50.7 Å². The minimum absolute atomic E-state index is 0. The topological polar surface area (TPSA) is 57.3 Å². The largest absolute Gasteiger partial charge is 0.348 e. The molecular weight excluding hydrogens is 308 g/mol. The number of carbonyl (C=O) groups excluding carboxylic acids is 1. The van der Waals surface area contributed by atoms with E-state index in [2.05, 4.69) is 20.5 Å². The number of hydrogen-bond donors (Lipinski definition) is 2. The van der Waals surface area contributed by atoms with E-state index in [1.165, 1.54) is 12.8 Å². The number of nitrogens with one attached hydrogen (secondary N) is 2. The third kappa shape index (κ3) is 3.64. The monoisotopic (exact) mass is 326 g/mol. The molecule has 21 heavy (non-hydrogen) atoms. The second-order valence-electron chi connectivity index (χ2n) is 4.95. The third-order valence-corrected chi connectivity index (χ3v) is 4.45. The highest BCUT2D eigenvalue weighted by Crippen LogP contribution is 2.32. The average Bonchev–Trinajstić information content (AvgIpc) is 3.07. The quantitative estimate of drug-likeness (QED) is 0.906. The number of carbonyl (C=O) groups is 1. The van der Waals surface area contributed by atoms with Gasteiger partial charge < -0.3 is 15.5 Å². The highest BCUT2D eigenvalue weighted by molar-refractivity contribution is 7.22. The minimum atomic E-state index is -0.0314. The Labute approximate surface area is 134 Å². The third-order valence-electron chi connectivity index (χ3n) is 3.37. The number of hydrogen-bond acceptors (Lipinski definition) is 5. The van der Waals surface area contributed by atoms with Gasteiger partial charge in [-0.3, -0.25) is 4.79 Å². The van der Waals surface area contributed by atoms with Crippen LogP contribution in [-0.2, 0) is 4.79 Å². The molecule has 1 aromatic carbocycles. The van der Waals surface area contributed by atoms with Gasteiger partial charge in [0.2, 0.25) is 5.91 Å². The molecule has 0 aliphatic carbocycles. The Kier molecular flexibility index (Phi) is 5.39. The number of thiazole rings is 1. The number of nitrogens with zero attached hydrogens (tertiary/aromatic N) is 2. The Morgan fingerprint density at radius 1 is 1.38 bits per heavy atom. The van der Waals surface area contributed by atoms with Gasteiger partial charge in [-0.15, -0.1) is 12.4 Å². The molecule has 2 aromatic rings. The number of rotatable bonds is 4. The second-order valence-corrected chi connectivity index (χ2v) is 5.96. The normalized spacial score (nSPS) is 14.2. The van der Waals surface area contributed by atoms with Crippen LogP contribution in [0.4, 0.5) is 10.8 Å². The summed E-state index contributed by atoms with van der Waals surface area (Å²) in [7, 11) is 1.76. The van der Waals surface area contributed by atoms with E-state index >= 15 is 0 Å². The number of likely N-dealkylation sites (N-methyl/N-ethyl adjacent to an activating group) is 1. The number of aromatic nitrogens is 1. The molecule has 114 valence electrons. The number of amides is 1. The van der Waals surface area contributed by atoms with Crippen molar-refractivity contribution in [2.75, 3.05) is 36.9 Å². The number of fused-ring (bicyclic) bond motifs is 1. The molecule has 1 aromatic heterocycles. The van der Waals surface area contributed by atoms with Gasteiger partial charge >= 0.3 is 0 Å². The van der Waals surface area contributed by atoms with E-state index in [1.54, 1.807) is 18.4 Å². The first-order valence-corrected chi connectivity index (χ1v) is 7.68. The maximum absolute atomic E-state index is 11.6. The summed E-state index contributed by atoms with van der Waals surface area (Å²) < 4.78 is 1.12. The van der Waals surface area contributed by atoms with Gasteiger partial charge in [0.25, 0.3) is 0 Å². The lowest BCUT2D eigenvalue weighted by molar-refractivity contribution is -0.115. The van der Waals surface area contributed by atoms with Crippen molar-refractivity contribution < 1.29 is 4.79 Å². The van der Waals surface area contributed by atoms with Crippen molar-refractivity contribution in [3.63, 3.8) is 0 Å². The van der Waals surface area contributed by atoms with E-state index in [1.807, 2.05) is 18.2 Å². The summed E-state index contributed by atoms with van der Waals surface area (Å²) in [6.45, 7) is 2.52. The van der Waals surface area contributed by atoms with Crippen LogP contribution < -0.4 is 15.5 Å². The van der Waals surface area contributed by atoms with Gasteiger partial charge in [-0.2, -0.15) is 0 Å². The van der Waals surface area contributed by atoms with Crippen molar-refractivity contribution in [1.29, 1.82) is 0 Å². The molecule has 2 N–H and O–H groups in total. The van der Waals surface area contributed by atoms with E-state index in [4.69, 9.17) is 0 Å². The first-order chi connectivity index (χ1) is 9.76. The average molecular weight is 327 g/mol. The van der Waals surface area contributed by atoms with Crippen molar-refractivity contribution in [3.05, 3.63) is 18.2 Å². The summed E-state index contributed by atoms with van der Waals surface area (Å²) in [5.41, 5.74) is 1.83. The Morgan fingerprint density at radius 3 is 2.86 bits per heavy atom. The molecule has 0 bridgehead atoms. The molecule has 0 spiro atoms. The second kappa shape index (κ2) is 7.06. The number of benzene rings is 1. The molecule has 1 amide bonds. The molecule has 7 heteroatoms. The fraction of sp³-hybridized carbons (Fsp3) is 0.429. The molecular formula is C14H19ClN4OS. The van der Waals surface area contributed by atoms with E-state index < -0.39 is 0 Å². The molecule has 0 radical (unpaired) electrons. The number of anilines is 2. The SMILES string of the molecule is CNCC(=O)Nc1ccc2nc(N3CCCC3)sc2c1.Cl. The lowest BCUT2D eigenvalue weighted by Gasteiger charge is -2.11. The maximum atomic E-state index is 11.6. The molecule has 0 atom stereocenters. The van der Waals surface area contributed by atoms with Crippen LogP contribution in [-0.4, -0.2) is 37.6 Å². The highest BCUT2D eigenvalue weighted by atomic mass is 35.5. The first-order valence-electron chi connectivity index (χ1n) is 6.86. The van der Waals surface area contributed by atoms with Gasteiger partial charge in [0, 0.05) is 18.8 Å². The zero-order valence-electron chi connectivity index (χ0n) is 11.9. The van der Waals surface area contributed by atoms with Gasteiger partial charge in [0.1, 0.15) is 0 Å². The van der Waals surface area contributed by atoms with Crippen LogP contribution in [0.1, 0.15) is 12.8 Å². The summed E-state index contributed by atoms with van der Waals surface area (Å²) in [6, 6.07) is 5.88. The van der Waals surface area contributed by atoms with Crippen LogP contribution in [0, 0.1) is 0 Å². The molecule has 1 aliphatic rings. The summed E-state index contributed by atoms with van der Waals surface area (Å²) in [6.07, 6.45) is 2.50. The molecule has 0 unspecified atom stereocenters. The zero-order chi connectivity index (χ0) is 13.9. The van der Waals surface area contributed by atoms with Crippen molar-refractivity contribution in [1.82, 2.24) is 10.3 Å². The van der Waals surface area contributed by atoms with Crippen LogP contribution >= 0.6 is 23.7 Å². The minimum Gasteiger partial charge on any atom is -0.348 e. The first kappa shape index (κ1) is 16.0. The van der Waals surface area contributed by atoms with Gasteiger partial charge in [-0.1, -0.05) is 11.3 Å². The fourth-order valence-corrected chi connectivity index (χ4v) is 3.46. The van der Waals surface area contributed by atoms with Crippen LogP contribution in [0.15, 0.2) is 18.2 Å². The smallest absolute Gasteiger partial charge is 0.238 e. The van der Waals surface area contributed by atoms with Crippen LogP contribution in [0.5, 0.6) is 0 Å². The summed E-state index contributed by atoms with van der Waals surface area (Å²) in [4.78, 5) is 18.6. The lowest BCUT2D eigenvalue weighted by Crippen LogP contribution is -2.24. The fourth-order valence-electron chi connectivity index (χ4n) is 2.40. The molecule has 0 saturated carbocycles. The summed E-state index contributed by atoms with van der Waals surface area (Å²) in [5.74, 6) is -0.0314. The Hall–Kier alpha value is -1.37. The Morgan fingerprint density at radius 2 is 2.14 bits per heavy atom. The van der Waals surface area contributed by atoms with E-state index in [0.717, 1.165) is 34.1 Å². The van der Waals surface area contributed by atoms with Crippen molar-refractivity contribution in [3.8, 4) is 0 Å². The van der Waals surface area contributed by atoms with Gasteiger partial charge in [0.15, 0.2) is 5.13 Å². The molecule has 2 heterocycles. The molecule has 1 aliphatic heterocycles. The summed E-state index contributed by atoms with van der Waals surface area (Å²) in [5, 5.41) is 6.81. The molecule has 3 rings (SSSR count). The highest BCUT2D eigenvalue weighted by Gasteiger charge is 2.16. The van der Waals surface area contributed by atoms with Gasteiger partial charge in [0.05, 0.1) is 16.8 Å². The standard InChI is InChI=1S/C14H18N4OS.ClH/c1-15-9-13(19)16-10-4-5-11-12(8-10)20-14(17-11)18-6-2-3-7-18;/h4-5,8,15H,2-3,6-7,9H2,1H3,(H,16,19);1H. The number of halogens is 1. The van der Waals surface area contributed by atoms with E-state index in [-0.39, 0.29) is 18.3 Å². The van der Waals surface area contributed by atoms with Gasteiger partial charge in [-0.25, -0.2) is 4.98 Å². The molecule has 1 fully saturated rings. The van der Waals surface area contributed by atoms with Crippen molar-refractivity contribution in [2.45, 2.75) is 12.8 Å². The lowest BCUT2D eigenvalue weighted by atomic mass is 10.3. The van der Waals surface area contributed by atoms with E-state index in [0.29, 0.717) is 6.54 Å². The predicted octanol–water partition coefficient (Wildman–Crippen LogP) is 2.48. The Balaban J connectivity index is 0.00000161. The zero-order valence-corrected chi connectivity index (χ0v) is 13.5. The molecule has 5 nitrogen and oxygen atoms in total. The maximum Gasteiger partial charge on any atom is 0.238 e.